The highest BCUT2D eigenvalue weighted by atomic mass is 16.5. The molecule has 1 aliphatic rings. The van der Waals surface area contributed by atoms with Crippen molar-refractivity contribution in [2.45, 2.75) is 0 Å². The Morgan fingerprint density at radius 2 is 1.80 bits per heavy atom. The van der Waals surface area contributed by atoms with Crippen molar-refractivity contribution in [3.63, 3.8) is 0 Å². The average molecular weight is 195 g/mol. The number of benzene rings is 1. The summed E-state index contributed by atoms with van der Waals surface area (Å²) in [6.07, 6.45) is 1.75. The largest absolute Gasteiger partial charge is 0.454 e. The molecule has 3 rings (SSSR count). The van der Waals surface area contributed by atoms with Crippen molar-refractivity contribution in [1.29, 1.82) is 0 Å². The quantitative estimate of drug-likeness (QED) is 0.549. The lowest BCUT2D eigenvalue weighted by atomic mass is 10.00. The van der Waals surface area contributed by atoms with E-state index in [0.717, 1.165) is 28.3 Å². The van der Waals surface area contributed by atoms with Gasteiger partial charge in [0.25, 0.3) is 0 Å². The molecule has 0 radical (unpaired) electrons. The van der Waals surface area contributed by atoms with Crippen LogP contribution < -0.4 is 4.74 Å². The Hall–Kier alpha value is -2.09. The third-order valence-electron chi connectivity index (χ3n) is 2.49. The van der Waals surface area contributed by atoms with Crippen LogP contribution in [0.15, 0.2) is 49.2 Å². The summed E-state index contributed by atoms with van der Waals surface area (Å²) < 4.78 is 5.72. The Balaban J connectivity index is 2.24. The first kappa shape index (κ1) is 8.24. The molecule has 0 fully saturated rings. The topological polar surface area (TPSA) is 22.1 Å². The Morgan fingerprint density at radius 3 is 2.73 bits per heavy atom. The van der Waals surface area contributed by atoms with E-state index in [2.05, 4.69) is 11.6 Å². The van der Waals surface area contributed by atoms with Crippen LogP contribution in [0, 0.1) is 0 Å². The molecule has 2 nitrogen and oxygen atoms in total. The van der Waals surface area contributed by atoms with Gasteiger partial charge in [0.05, 0.1) is 0 Å². The molecule has 0 saturated heterocycles. The number of fused-ring (bicyclic) bond motifs is 2. The van der Waals surface area contributed by atoms with E-state index in [-0.39, 0.29) is 0 Å². The molecule has 0 amide bonds. The average Bonchev–Trinajstić information content (AvgIpc) is 2.30. The monoisotopic (exact) mass is 195 g/mol. The maximum absolute atomic E-state index is 5.72. The maximum atomic E-state index is 5.72. The lowest BCUT2D eigenvalue weighted by Crippen LogP contribution is -2.02. The van der Waals surface area contributed by atoms with Crippen LogP contribution in [-0.2, 0) is 0 Å². The molecule has 0 bridgehead atoms. The minimum Gasteiger partial charge on any atom is -0.454 e. The van der Waals surface area contributed by atoms with Crippen molar-refractivity contribution in [2.75, 3.05) is 0 Å². The number of pyridine rings is 1. The fourth-order valence-corrected chi connectivity index (χ4v) is 1.75. The molecule has 0 spiro atoms. The Morgan fingerprint density at radius 1 is 1.00 bits per heavy atom. The number of hydrogen-bond acceptors (Lipinski definition) is 2. The highest BCUT2D eigenvalue weighted by Gasteiger charge is 2.20. The molecule has 0 N–H and O–H groups in total. The molecular formula is C13H9NO. The van der Waals surface area contributed by atoms with Gasteiger partial charge in [-0.3, -0.25) is 4.98 Å². The van der Waals surface area contributed by atoms with Gasteiger partial charge in [-0.1, -0.05) is 24.8 Å². The van der Waals surface area contributed by atoms with E-state index < -0.39 is 0 Å². The Labute approximate surface area is 87.9 Å². The molecule has 2 aromatic rings. The van der Waals surface area contributed by atoms with Crippen LogP contribution in [0.5, 0.6) is 11.5 Å². The van der Waals surface area contributed by atoms with Gasteiger partial charge in [0.1, 0.15) is 11.4 Å². The highest BCUT2D eigenvalue weighted by Crippen LogP contribution is 2.40. The Kier molecular flexibility index (Phi) is 1.62. The van der Waals surface area contributed by atoms with Crippen molar-refractivity contribution >= 4 is 5.57 Å². The summed E-state index contributed by atoms with van der Waals surface area (Å²) in [4.78, 5) is 4.27. The fraction of sp³-hybridized carbons (Fsp3) is 0. The van der Waals surface area contributed by atoms with Crippen LogP contribution in [0.25, 0.3) is 5.57 Å². The smallest absolute Gasteiger partial charge is 0.153 e. The summed E-state index contributed by atoms with van der Waals surface area (Å²) in [5.41, 5.74) is 2.77. The Bertz CT molecular complexity index is 498. The van der Waals surface area contributed by atoms with Gasteiger partial charge in [-0.25, -0.2) is 0 Å². The van der Waals surface area contributed by atoms with Crippen LogP contribution in [0.1, 0.15) is 11.3 Å². The summed E-state index contributed by atoms with van der Waals surface area (Å²) in [6.45, 7) is 4.05. The van der Waals surface area contributed by atoms with Crippen LogP contribution in [0.3, 0.4) is 0 Å². The standard InChI is InChI=1S/C13H9NO/c1-9-10-5-2-3-6-11(10)15-12-7-4-8-14-13(9)12/h2-8H,1H2. The molecule has 1 aromatic carbocycles. The summed E-state index contributed by atoms with van der Waals surface area (Å²) in [5, 5.41) is 0. The highest BCUT2D eigenvalue weighted by molar-refractivity contribution is 5.84. The van der Waals surface area contributed by atoms with E-state index in [1.807, 2.05) is 36.4 Å². The first-order chi connectivity index (χ1) is 7.36. The van der Waals surface area contributed by atoms with E-state index in [0.29, 0.717) is 0 Å². The van der Waals surface area contributed by atoms with Crippen molar-refractivity contribution < 1.29 is 4.74 Å². The molecule has 0 aliphatic carbocycles. The fourth-order valence-electron chi connectivity index (χ4n) is 1.75. The molecule has 0 unspecified atom stereocenters. The zero-order valence-corrected chi connectivity index (χ0v) is 8.10. The van der Waals surface area contributed by atoms with E-state index >= 15 is 0 Å². The van der Waals surface area contributed by atoms with Crippen molar-refractivity contribution in [3.05, 3.63) is 60.4 Å². The third-order valence-corrected chi connectivity index (χ3v) is 2.49. The van der Waals surface area contributed by atoms with Gasteiger partial charge >= 0.3 is 0 Å². The molecule has 0 atom stereocenters. The lowest BCUT2D eigenvalue weighted by Gasteiger charge is -2.20. The van der Waals surface area contributed by atoms with Gasteiger partial charge in [-0.15, -0.1) is 0 Å². The van der Waals surface area contributed by atoms with Gasteiger partial charge in [-0.2, -0.15) is 0 Å². The third kappa shape index (κ3) is 1.15. The van der Waals surface area contributed by atoms with Gasteiger partial charge < -0.3 is 4.74 Å². The maximum Gasteiger partial charge on any atom is 0.153 e. The number of rotatable bonds is 0. The summed E-state index contributed by atoms with van der Waals surface area (Å²) >= 11 is 0. The minimum absolute atomic E-state index is 0.779. The number of ether oxygens (including phenoxy) is 1. The van der Waals surface area contributed by atoms with E-state index in [4.69, 9.17) is 4.74 Å². The van der Waals surface area contributed by atoms with Gasteiger partial charge in [-0.05, 0) is 18.2 Å². The van der Waals surface area contributed by atoms with E-state index in [9.17, 15) is 0 Å². The van der Waals surface area contributed by atoms with Crippen LogP contribution in [0.2, 0.25) is 0 Å². The van der Waals surface area contributed by atoms with Crippen molar-refractivity contribution in [3.8, 4) is 11.5 Å². The second-order valence-electron chi connectivity index (χ2n) is 3.43. The minimum atomic E-state index is 0.779. The normalized spacial score (nSPS) is 12.7. The second kappa shape index (κ2) is 2.95. The van der Waals surface area contributed by atoms with E-state index in [1.54, 1.807) is 6.20 Å². The molecular weight excluding hydrogens is 186 g/mol. The van der Waals surface area contributed by atoms with Gasteiger partial charge in [0, 0.05) is 17.3 Å². The molecule has 72 valence electrons. The van der Waals surface area contributed by atoms with Gasteiger partial charge in [0.2, 0.25) is 0 Å². The van der Waals surface area contributed by atoms with Crippen LogP contribution >= 0.6 is 0 Å². The SMILES string of the molecule is C=C1c2ccccc2Oc2cccnc21. The number of nitrogens with zero attached hydrogens (tertiary/aromatic N) is 1. The van der Waals surface area contributed by atoms with Gasteiger partial charge in [0.15, 0.2) is 5.75 Å². The predicted octanol–water partition coefficient (Wildman–Crippen LogP) is 3.25. The van der Waals surface area contributed by atoms with Crippen LogP contribution in [0.4, 0.5) is 0 Å². The summed E-state index contributed by atoms with van der Waals surface area (Å²) in [5.74, 6) is 1.63. The van der Waals surface area contributed by atoms with E-state index in [1.165, 1.54) is 0 Å². The molecule has 15 heavy (non-hydrogen) atoms. The molecule has 0 saturated carbocycles. The zero-order valence-electron chi connectivity index (χ0n) is 8.10. The summed E-state index contributed by atoms with van der Waals surface area (Å²) in [6, 6.07) is 11.6. The molecule has 2 heteroatoms. The molecule has 1 aliphatic heterocycles. The lowest BCUT2D eigenvalue weighted by molar-refractivity contribution is 0.471. The van der Waals surface area contributed by atoms with Crippen molar-refractivity contribution in [2.24, 2.45) is 0 Å². The van der Waals surface area contributed by atoms with Crippen molar-refractivity contribution in [1.82, 2.24) is 4.98 Å². The number of para-hydroxylation sites is 1. The first-order valence-corrected chi connectivity index (χ1v) is 4.78. The predicted molar refractivity (Wildman–Crippen MR) is 58.9 cm³/mol. The molecule has 1 aromatic heterocycles. The second-order valence-corrected chi connectivity index (χ2v) is 3.43. The summed E-state index contributed by atoms with van der Waals surface area (Å²) in [7, 11) is 0. The number of hydrogen-bond donors (Lipinski definition) is 0. The first-order valence-electron chi connectivity index (χ1n) is 4.78. The molecule has 2 heterocycles. The zero-order chi connectivity index (χ0) is 10.3. The number of aromatic nitrogens is 1. The van der Waals surface area contributed by atoms with Crippen LogP contribution in [-0.4, -0.2) is 4.98 Å².